The predicted molar refractivity (Wildman–Crippen MR) is 80.5 cm³/mol. The van der Waals surface area contributed by atoms with E-state index in [1.54, 1.807) is 0 Å². The minimum Gasteiger partial charge on any atom is -0.336 e. The number of anilines is 1. The number of benzene rings is 1. The molecule has 1 aliphatic heterocycles. The third-order valence-corrected chi connectivity index (χ3v) is 4.13. The Morgan fingerprint density at radius 1 is 1.11 bits per heavy atom. The third kappa shape index (κ3) is 2.78. The summed E-state index contributed by atoms with van der Waals surface area (Å²) in [7, 11) is 0. The lowest BCUT2D eigenvalue weighted by Crippen LogP contribution is -2.24. The molecule has 0 unspecified atom stereocenters. The number of halogens is 1. The maximum Gasteiger partial charge on any atom is 0.225 e. The normalized spacial score (nSPS) is 14.9. The van der Waals surface area contributed by atoms with Crippen molar-refractivity contribution in [2.24, 2.45) is 0 Å². The van der Waals surface area contributed by atoms with Crippen LogP contribution in [0.2, 0.25) is 0 Å². The average Bonchev–Trinajstić information content (AvgIpc) is 2.69. The van der Waals surface area contributed by atoms with Gasteiger partial charge in [-0.3, -0.25) is 0 Å². The zero-order chi connectivity index (χ0) is 13.1. The minimum absolute atomic E-state index is 0.802. The van der Waals surface area contributed by atoms with Gasteiger partial charge in [0, 0.05) is 30.8 Å². The van der Waals surface area contributed by atoms with Crippen molar-refractivity contribution in [1.29, 1.82) is 0 Å². The van der Waals surface area contributed by atoms with Gasteiger partial charge in [0.05, 0.1) is 0 Å². The van der Waals surface area contributed by atoms with Gasteiger partial charge < -0.3 is 4.90 Å². The highest BCUT2D eigenvalue weighted by Crippen LogP contribution is 2.21. The van der Waals surface area contributed by atoms with E-state index in [2.05, 4.69) is 55.1 Å². The molecule has 2 heterocycles. The standard InChI is InChI=1S/C15H16BrN3/c16-8-12-9-17-15(18-10-12)19-7-3-6-13-4-1-2-5-14(13)11-19/h1-2,4-5,9-10H,3,6-8,11H2. The fraction of sp³-hybridized carbons (Fsp3) is 0.333. The molecule has 98 valence electrons. The molecule has 0 radical (unpaired) electrons. The molecule has 0 fully saturated rings. The van der Waals surface area contributed by atoms with E-state index < -0.39 is 0 Å². The van der Waals surface area contributed by atoms with Crippen molar-refractivity contribution in [1.82, 2.24) is 9.97 Å². The summed E-state index contributed by atoms with van der Waals surface area (Å²) in [6, 6.07) is 8.67. The van der Waals surface area contributed by atoms with E-state index in [0.717, 1.165) is 42.8 Å². The quantitative estimate of drug-likeness (QED) is 0.796. The van der Waals surface area contributed by atoms with Crippen LogP contribution in [-0.2, 0) is 18.3 Å². The van der Waals surface area contributed by atoms with Gasteiger partial charge in [-0.15, -0.1) is 0 Å². The van der Waals surface area contributed by atoms with Gasteiger partial charge in [-0.2, -0.15) is 0 Å². The summed E-state index contributed by atoms with van der Waals surface area (Å²) < 4.78 is 0. The molecular formula is C15H16BrN3. The summed E-state index contributed by atoms with van der Waals surface area (Å²) in [5.41, 5.74) is 3.97. The molecule has 0 saturated heterocycles. The molecule has 19 heavy (non-hydrogen) atoms. The van der Waals surface area contributed by atoms with Crippen molar-refractivity contribution < 1.29 is 0 Å². The zero-order valence-electron chi connectivity index (χ0n) is 10.7. The summed E-state index contributed by atoms with van der Waals surface area (Å²) in [5.74, 6) is 0.835. The van der Waals surface area contributed by atoms with Gasteiger partial charge in [-0.05, 0) is 29.5 Å². The lowest BCUT2D eigenvalue weighted by atomic mass is 10.0. The molecule has 0 bridgehead atoms. The number of rotatable bonds is 2. The second-order valence-corrected chi connectivity index (χ2v) is 5.38. The van der Waals surface area contributed by atoms with Gasteiger partial charge in [0.25, 0.3) is 0 Å². The van der Waals surface area contributed by atoms with Crippen molar-refractivity contribution in [2.75, 3.05) is 11.4 Å². The van der Waals surface area contributed by atoms with Crippen molar-refractivity contribution in [3.8, 4) is 0 Å². The zero-order valence-corrected chi connectivity index (χ0v) is 12.3. The second-order valence-electron chi connectivity index (χ2n) is 4.82. The van der Waals surface area contributed by atoms with Crippen LogP contribution in [0, 0.1) is 0 Å². The Bertz CT molecular complexity index is 554. The Morgan fingerprint density at radius 3 is 2.58 bits per heavy atom. The first-order valence-electron chi connectivity index (χ1n) is 6.55. The van der Waals surface area contributed by atoms with Crippen LogP contribution >= 0.6 is 15.9 Å². The summed E-state index contributed by atoms with van der Waals surface area (Å²) in [6.45, 7) is 1.92. The molecule has 0 amide bonds. The maximum absolute atomic E-state index is 4.47. The molecule has 1 aliphatic rings. The fourth-order valence-corrected chi connectivity index (χ4v) is 2.74. The van der Waals surface area contributed by atoms with Crippen LogP contribution in [0.1, 0.15) is 23.1 Å². The maximum atomic E-state index is 4.47. The fourth-order valence-electron chi connectivity index (χ4n) is 2.45. The number of nitrogens with zero attached hydrogens (tertiary/aromatic N) is 3. The average molecular weight is 318 g/mol. The Labute approximate surface area is 121 Å². The molecule has 2 aromatic rings. The first-order valence-corrected chi connectivity index (χ1v) is 7.67. The second kappa shape index (κ2) is 5.70. The summed E-state index contributed by atoms with van der Waals surface area (Å²) in [5, 5.41) is 0.802. The van der Waals surface area contributed by atoms with Gasteiger partial charge in [0.1, 0.15) is 0 Å². The van der Waals surface area contributed by atoms with E-state index in [1.807, 2.05) is 12.4 Å². The topological polar surface area (TPSA) is 29.0 Å². The first kappa shape index (κ1) is 12.6. The van der Waals surface area contributed by atoms with Gasteiger partial charge in [-0.25, -0.2) is 9.97 Å². The van der Waals surface area contributed by atoms with E-state index in [4.69, 9.17) is 0 Å². The molecule has 0 atom stereocenters. The highest BCUT2D eigenvalue weighted by Gasteiger charge is 2.16. The molecule has 0 aliphatic carbocycles. The smallest absolute Gasteiger partial charge is 0.225 e. The molecule has 0 N–H and O–H groups in total. The summed E-state index contributed by atoms with van der Waals surface area (Å²) in [4.78, 5) is 11.2. The molecule has 1 aromatic carbocycles. The van der Waals surface area contributed by atoms with Crippen molar-refractivity contribution in [2.45, 2.75) is 24.7 Å². The summed E-state index contributed by atoms with van der Waals surface area (Å²) >= 11 is 3.42. The van der Waals surface area contributed by atoms with Crippen LogP contribution < -0.4 is 4.90 Å². The molecule has 4 heteroatoms. The number of hydrogen-bond donors (Lipinski definition) is 0. The number of alkyl halides is 1. The molecule has 3 nitrogen and oxygen atoms in total. The molecule has 0 spiro atoms. The van der Waals surface area contributed by atoms with E-state index in [9.17, 15) is 0 Å². The molecule has 1 aromatic heterocycles. The Hall–Kier alpha value is -1.42. The van der Waals surface area contributed by atoms with Crippen molar-refractivity contribution in [3.63, 3.8) is 0 Å². The van der Waals surface area contributed by atoms with Crippen molar-refractivity contribution >= 4 is 21.9 Å². The van der Waals surface area contributed by atoms with Crippen molar-refractivity contribution in [3.05, 3.63) is 53.3 Å². The number of fused-ring (bicyclic) bond motifs is 1. The monoisotopic (exact) mass is 317 g/mol. The van der Waals surface area contributed by atoms with E-state index >= 15 is 0 Å². The van der Waals surface area contributed by atoms with Crippen LogP contribution in [0.5, 0.6) is 0 Å². The Morgan fingerprint density at radius 2 is 1.84 bits per heavy atom. The van der Waals surface area contributed by atoms with Crippen LogP contribution in [0.3, 0.4) is 0 Å². The summed E-state index contributed by atoms with van der Waals surface area (Å²) in [6.07, 6.45) is 6.09. The van der Waals surface area contributed by atoms with Gasteiger partial charge in [0.2, 0.25) is 5.95 Å². The van der Waals surface area contributed by atoms with E-state index in [-0.39, 0.29) is 0 Å². The van der Waals surface area contributed by atoms with Crippen LogP contribution in [0.25, 0.3) is 0 Å². The number of aromatic nitrogens is 2. The molecule has 0 saturated carbocycles. The Kier molecular flexibility index (Phi) is 3.78. The molecular weight excluding hydrogens is 302 g/mol. The lowest BCUT2D eigenvalue weighted by Gasteiger charge is -2.20. The van der Waals surface area contributed by atoms with Crippen LogP contribution in [0.15, 0.2) is 36.7 Å². The van der Waals surface area contributed by atoms with E-state index in [1.165, 1.54) is 11.1 Å². The van der Waals surface area contributed by atoms with E-state index in [0.29, 0.717) is 0 Å². The SMILES string of the molecule is BrCc1cnc(N2CCCc3ccccc3C2)nc1. The number of hydrogen-bond acceptors (Lipinski definition) is 3. The van der Waals surface area contributed by atoms with Crippen LogP contribution in [0.4, 0.5) is 5.95 Å². The minimum atomic E-state index is 0.802. The number of aryl methyl sites for hydroxylation is 1. The third-order valence-electron chi connectivity index (χ3n) is 3.48. The van der Waals surface area contributed by atoms with Crippen LogP contribution in [-0.4, -0.2) is 16.5 Å². The predicted octanol–water partition coefficient (Wildman–Crippen LogP) is 3.32. The lowest BCUT2D eigenvalue weighted by molar-refractivity contribution is 0.739. The first-order chi connectivity index (χ1) is 9.36. The molecule has 3 rings (SSSR count). The Balaban J connectivity index is 1.85. The van der Waals surface area contributed by atoms with Gasteiger partial charge in [0.15, 0.2) is 0 Å². The van der Waals surface area contributed by atoms with Gasteiger partial charge >= 0.3 is 0 Å². The highest BCUT2D eigenvalue weighted by molar-refractivity contribution is 9.08. The van der Waals surface area contributed by atoms with Gasteiger partial charge in [-0.1, -0.05) is 40.2 Å². The largest absolute Gasteiger partial charge is 0.336 e. The highest BCUT2D eigenvalue weighted by atomic mass is 79.9.